The zero-order valence-corrected chi connectivity index (χ0v) is 18.7. The number of sulfone groups is 1. The summed E-state index contributed by atoms with van der Waals surface area (Å²) in [6, 6.07) is 12.3. The highest BCUT2D eigenvalue weighted by Crippen LogP contribution is 2.28. The summed E-state index contributed by atoms with van der Waals surface area (Å²) in [4.78, 5) is 12.7. The van der Waals surface area contributed by atoms with E-state index in [2.05, 4.69) is 15.6 Å². The maximum atomic E-state index is 13.7. The number of benzene rings is 2. The standard InChI is InChI=1S/C20H16FN3O5S3/c21-13-7-8-18-15(12-13)16(9-11-31(18,26)27)22-23-20(25)14-4-1-2-5-17(14)24-32(28,29)19-6-3-10-30-19/h1-10,12,22,24H,11H2,(H,23,25). The molecule has 0 saturated carbocycles. The number of anilines is 1. The zero-order valence-electron chi connectivity index (χ0n) is 16.2. The summed E-state index contributed by atoms with van der Waals surface area (Å²) in [6.45, 7) is 0. The van der Waals surface area contributed by atoms with Crippen LogP contribution in [0.15, 0.2) is 75.2 Å². The fourth-order valence-electron chi connectivity index (χ4n) is 3.07. The van der Waals surface area contributed by atoms with E-state index >= 15 is 0 Å². The van der Waals surface area contributed by atoms with Crippen molar-refractivity contribution in [2.45, 2.75) is 9.10 Å². The highest BCUT2D eigenvalue weighted by Gasteiger charge is 2.26. The summed E-state index contributed by atoms with van der Waals surface area (Å²) in [7, 11) is -7.47. The Labute approximate surface area is 187 Å². The number of para-hydroxylation sites is 1. The van der Waals surface area contributed by atoms with Gasteiger partial charge in [0.2, 0.25) is 0 Å². The molecule has 12 heteroatoms. The van der Waals surface area contributed by atoms with Gasteiger partial charge in [0.05, 0.1) is 27.6 Å². The van der Waals surface area contributed by atoms with Crippen molar-refractivity contribution in [3.05, 3.63) is 83.0 Å². The van der Waals surface area contributed by atoms with Crippen molar-refractivity contribution in [2.75, 3.05) is 10.5 Å². The minimum Gasteiger partial charge on any atom is -0.298 e. The number of fused-ring (bicyclic) bond motifs is 1. The molecule has 0 aliphatic carbocycles. The Morgan fingerprint density at radius 3 is 2.59 bits per heavy atom. The summed E-state index contributed by atoms with van der Waals surface area (Å²) in [6.07, 6.45) is 1.32. The average molecular weight is 494 g/mol. The van der Waals surface area contributed by atoms with Gasteiger partial charge in [-0.05, 0) is 47.9 Å². The summed E-state index contributed by atoms with van der Waals surface area (Å²) in [5.74, 6) is -1.63. The van der Waals surface area contributed by atoms with Crippen molar-refractivity contribution in [1.82, 2.24) is 10.9 Å². The number of hydrogen-bond acceptors (Lipinski definition) is 7. The van der Waals surface area contributed by atoms with Gasteiger partial charge in [0, 0.05) is 5.56 Å². The topological polar surface area (TPSA) is 121 Å². The summed E-state index contributed by atoms with van der Waals surface area (Å²) in [5, 5.41) is 1.62. The van der Waals surface area contributed by atoms with Crippen LogP contribution in [0, 0.1) is 5.82 Å². The first-order chi connectivity index (χ1) is 15.2. The molecule has 3 aromatic rings. The van der Waals surface area contributed by atoms with Crippen molar-refractivity contribution in [3.63, 3.8) is 0 Å². The monoisotopic (exact) mass is 493 g/mol. The van der Waals surface area contributed by atoms with Crippen molar-refractivity contribution in [1.29, 1.82) is 0 Å². The maximum absolute atomic E-state index is 13.7. The number of amides is 1. The minimum absolute atomic E-state index is 0.0311. The predicted octanol–water partition coefficient (Wildman–Crippen LogP) is 2.75. The van der Waals surface area contributed by atoms with E-state index in [9.17, 15) is 26.0 Å². The van der Waals surface area contributed by atoms with Crippen LogP contribution in [-0.4, -0.2) is 28.5 Å². The molecular weight excluding hydrogens is 477 g/mol. The van der Waals surface area contributed by atoms with Crippen molar-refractivity contribution in [2.24, 2.45) is 0 Å². The number of rotatable bonds is 6. The highest BCUT2D eigenvalue weighted by atomic mass is 32.2. The lowest BCUT2D eigenvalue weighted by molar-refractivity contribution is 0.0943. The van der Waals surface area contributed by atoms with E-state index in [1.807, 2.05) is 0 Å². The molecule has 8 nitrogen and oxygen atoms in total. The van der Waals surface area contributed by atoms with Crippen LogP contribution in [0.1, 0.15) is 15.9 Å². The molecule has 0 atom stereocenters. The van der Waals surface area contributed by atoms with E-state index in [0.29, 0.717) is 0 Å². The van der Waals surface area contributed by atoms with Crippen LogP contribution in [0.5, 0.6) is 0 Å². The molecule has 2 aromatic carbocycles. The lowest BCUT2D eigenvalue weighted by Gasteiger charge is -2.20. The van der Waals surface area contributed by atoms with Crippen LogP contribution < -0.4 is 15.6 Å². The fraction of sp³-hybridized carbons (Fsp3) is 0.0500. The molecule has 4 rings (SSSR count). The van der Waals surface area contributed by atoms with Crippen LogP contribution in [-0.2, 0) is 19.9 Å². The van der Waals surface area contributed by atoms with E-state index in [0.717, 1.165) is 23.5 Å². The summed E-state index contributed by atoms with van der Waals surface area (Å²) >= 11 is 1.04. The van der Waals surface area contributed by atoms with Crippen molar-refractivity contribution in [3.8, 4) is 0 Å². The second-order valence-electron chi connectivity index (χ2n) is 6.70. The molecule has 0 radical (unpaired) electrons. The zero-order chi connectivity index (χ0) is 22.9. The third kappa shape index (κ3) is 4.38. The highest BCUT2D eigenvalue weighted by molar-refractivity contribution is 7.94. The molecule has 0 saturated heterocycles. The molecule has 1 aromatic heterocycles. The number of sulfonamides is 1. The second-order valence-corrected chi connectivity index (χ2v) is 11.6. The molecule has 32 heavy (non-hydrogen) atoms. The Balaban J connectivity index is 1.55. The van der Waals surface area contributed by atoms with Gasteiger partial charge in [-0.1, -0.05) is 18.2 Å². The Bertz CT molecular complexity index is 1430. The van der Waals surface area contributed by atoms with Crippen LogP contribution in [0.25, 0.3) is 5.70 Å². The SMILES string of the molecule is O=C(NNC1=CCS(=O)(=O)c2ccc(F)cc21)c1ccccc1NS(=O)(=O)c1cccs1. The lowest BCUT2D eigenvalue weighted by atomic mass is 10.1. The molecular formula is C20H16FN3O5S3. The average Bonchev–Trinajstić information content (AvgIpc) is 3.29. The normalized spacial score (nSPS) is 14.7. The van der Waals surface area contributed by atoms with E-state index in [-0.39, 0.29) is 37.4 Å². The largest absolute Gasteiger partial charge is 0.298 e. The van der Waals surface area contributed by atoms with Crippen molar-refractivity contribution < 1.29 is 26.0 Å². The van der Waals surface area contributed by atoms with Gasteiger partial charge in [-0.3, -0.25) is 20.4 Å². The van der Waals surface area contributed by atoms with E-state index in [4.69, 9.17) is 0 Å². The van der Waals surface area contributed by atoms with Crippen LogP contribution in [0.4, 0.5) is 10.1 Å². The number of thiophene rings is 1. The molecule has 3 N–H and O–H groups in total. The van der Waals surface area contributed by atoms with Gasteiger partial charge in [-0.15, -0.1) is 11.3 Å². The van der Waals surface area contributed by atoms with Crippen LogP contribution in [0.2, 0.25) is 0 Å². The third-order valence-electron chi connectivity index (χ3n) is 4.56. The third-order valence-corrected chi connectivity index (χ3v) is 8.95. The molecule has 1 aliphatic rings. The smallest absolute Gasteiger partial charge is 0.271 e. The Morgan fingerprint density at radius 2 is 1.84 bits per heavy atom. The van der Waals surface area contributed by atoms with Crippen LogP contribution >= 0.6 is 11.3 Å². The number of hydrogen-bond donors (Lipinski definition) is 3. The molecule has 0 unspecified atom stereocenters. The maximum Gasteiger partial charge on any atom is 0.271 e. The van der Waals surface area contributed by atoms with E-state index < -0.39 is 31.6 Å². The van der Waals surface area contributed by atoms with Gasteiger partial charge in [0.15, 0.2) is 9.84 Å². The molecule has 0 fully saturated rings. The van der Waals surface area contributed by atoms with Crippen LogP contribution in [0.3, 0.4) is 0 Å². The first-order valence-corrected chi connectivity index (χ1v) is 13.1. The first kappa shape index (κ1) is 22.0. The Kier molecular flexibility index (Phi) is 5.75. The number of carbonyl (C=O) groups is 1. The Hall–Kier alpha value is -3.22. The van der Waals surface area contributed by atoms with Crippen molar-refractivity contribution >= 4 is 48.5 Å². The molecule has 0 bridgehead atoms. The second kappa shape index (κ2) is 8.37. The van der Waals surface area contributed by atoms with E-state index in [1.165, 1.54) is 30.3 Å². The summed E-state index contributed by atoms with van der Waals surface area (Å²) < 4.78 is 65.7. The molecule has 1 amide bonds. The number of nitrogens with one attached hydrogen (secondary N) is 3. The number of carbonyl (C=O) groups excluding carboxylic acids is 1. The van der Waals surface area contributed by atoms with Gasteiger partial charge in [-0.2, -0.15) is 0 Å². The molecule has 0 spiro atoms. The van der Waals surface area contributed by atoms with Gasteiger partial charge in [0.1, 0.15) is 10.0 Å². The molecule has 1 aliphatic heterocycles. The minimum atomic E-state index is -3.87. The molecule has 166 valence electrons. The van der Waals surface area contributed by atoms with Gasteiger partial charge < -0.3 is 0 Å². The summed E-state index contributed by atoms with van der Waals surface area (Å²) in [5.41, 5.74) is 5.41. The van der Waals surface area contributed by atoms with Gasteiger partial charge in [0.25, 0.3) is 15.9 Å². The quantitative estimate of drug-likeness (QED) is 0.359. The van der Waals surface area contributed by atoms with Gasteiger partial charge in [-0.25, -0.2) is 21.2 Å². The first-order valence-electron chi connectivity index (χ1n) is 9.12. The Morgan fingerprint density at radius 1 is 1.06 bits per heavy atom. The predicted molar refractivity (Wildman–Crippen MR) is 119 cm³/mol. The number of halogens is 1. The lowest BCUT2D eigenvalue weighted by Crippen LogP contribution is -2.38. The van der Waals surface area contributed by atoms with E-state index in [1.54, 1.807) is 23.6 Å². The number of hydrazine groups is 1. The van der Waals surface area contributed by atoms with Gasteiger partial charge >= 0.3 is 0 Å². The molecule has 2 heterocycles. The fourth-order valence-corrected chi connectivity index (χ4v) is 6.49.